The molecule has 108 valence electrons. The Bertz CT molecular complexity index is 760. The molecule has 0 bridgehead atoms. The van der Waals surface area contributed by atoms with E-state index in [1.54, 1.807) is 6.20 Å². The standard InChI is InChI=1S/C16H19N5/c1-11(2)13-9-16(21-15(20-13)6-8-19-21)18-10-14-12(3)5-4-7-17-14/h4-9,11,18H,10H2,1-3H3. The van der Waals surface area contributed by atoms with Crippen LogP contribution in [0, 0.1) is 6.92 Å². The van der Waals surface area contributed by atoms with Crippen molar-refractivity contribution in [1.82, 2.24) is 19.6 Å². The van der Waals surface area contributed by atoms with Crippen molar-refractivity contribution in [3.8, 4) is 0 Å². The zero-order valence-electron chi connectivity index (χ0n) is 12.5. The molecule has 0 atom stereocenters. The number of hydrogen-bond acceptors (Lipinski definition) is 4. The van der Waals surface area contributed by atoms with Crippen molar-refractivity contribution in [1.29, 1.82) is 0 Å². The molecule has 0 fully saturated rings. The summed E-state index contributed by atoms with van der Waals surface area (Å²) in [6.45, 7) is 7.02. The first-order valence-corrected chi connectivity index (χ1v) is 7.14. The normalized spacial score (nSPS) is 11.2. The first kappa shape index (κ1) is 13.5. The Kier molecular flexibility index (Phi) is 3.56. The topological polar surface area (TPSA) is 55.1 Å². The zero-order chi connectivity index (χ0) is 14.8. The summed E-state index contributed by atoms with van der Waals surface area (Å²) in [7, 11) is 0. The second kappa shape index (κ2) is 5.52. The van der Waals surface area contributed by atoms with Crippen LogP contribution < -0.4 is 5.32 Å². The monoisotopic (exact) mass is 281 g/mol. The van der Waals surface area contributed by atoms with Gasteiger partial charge < -0.3 is 5.32 Å². The van der Waals surface area contributed by atoms with Crippen molar-refractivity contribution >= 4 is 11.5 Å². The number of rotatable bonds is 4. The maximum Gasteiger partial charge on any atom is 0.157 e. The largest absolute Gasteiger partial charge is 0.364 e. The van der Waals surface area contributed by atoms with Crippen LogP contribution in [0.15, 0.2) is 36.7 Å². The van der Waals surface area contributed by atoms with Crippen molar-refractivity contribution in [3.05, 3.63) is 53.6 Å². The van der Waals surface area contributed by atoms with Crippen LogP contribution in [-0.4, -0.2) is 19.6 Å². The lowest BCUT2D eigenvalue weighted by Crippen LogP contribution is -2.09. The minimum Gasteiger partial charge on any atom is -0.364 e. The van der Waals surface area contributed by atoms with Gasteiger partial charge in [0.1, 0.15) is 5.82 Å². The molecule has 0 aliphatic carbocycles. The van der Waals surface area contributed by atoms with Gasteiger partial charge in [-0.15, -0.1) is 0 Å². The molecule has 3 aromatic heterocycles. The van der Waals surface area contributed by atoms with Crippen LogP contribution in [0.3, 0.4) is 0 Å². The minimum absolute atomic E-state index is 0.377. The summed E-state index contributed by atoms with van der Waals surface area (Å²) in [5.74, 6) is 1.32. The molecule has 0 aliphatic heterocycles. The van der Waals surface area contributed by atoms with Gasteiger partial charge in [-0.1, -0.05) is 19.9 Å². The molecule has 21 heavy (non-hydrogen) atoms. The Morgan fingerprint density at radius 2 is 2.10 bits per heavy atom. The fraction of sp³-hybridized carbons (Fsp3) is 0.312. The summed E-state index contributed by atoms with van der Waals surface area (Å²) in [5, 5.41) is 7.75. The van der Waals surface area contributed by atoms with Gasteiger partial charge in [-0.25, -0.2) is 4.98 Å². The van der Waals surface area contributed by atoms with E-state index in [1.165, 1.54) is 5.56 Å². The van der Waals surface area contributed by atoms with Gasteiger partial charge in [-0.3, -0.25) is 4.98 Å². The Morgan fingerprint density at radius 1 is 1.24 bits per heavy atom. The third-order valence-electron chi connectivity index (χ3n) is 3.53. The number of aryl methyl sites for hydroxylation is 1. The fourth-order valence-electron chi connectivity index (χ4n) is 2.23. The maximum atomic E-state index is 4.61. The predicted octanol–water partition coefficient (Wildman–Crippen LogP) is 3.17. The van der Waals surface area contributed by atoms with E-state index in [2.05, 4.69) is 53.3 Å². The Labute approximate surface area is 124 Å². The molecular formula is C16H19N5. The average molecular weight is 281 g/mol. The lowest BCUT2D eigenvalue weighted by Gasteiger charge is -2.12. The fourth-order valence-corrected chi connectivity index (χ4v) is 2.23. The summed E-state index contributed by atoms with van der Waals surface area (Å²) < 4.78 is 1.82. The Hall–Kier alpha value is -2.43. The van der Waals surface area contributed by atoms with E-state index in [0.717, 1.165) is 22.9 Å². The third-order valence-corrected chi connectivity index (χ3v) is 3.53. The molecule has 0 saturated carbocycles. The number of hydrogen-bond donors (Lipinski definition) is 1. The van der Waals surface area contributed by atoms with Crippen LogP contribution >= 0.6 is 0 Å². The van der Waals surface area contributed by atoms with Crippen molar-refractivity contribution in [2.75, 3.05) is 5.32 Å². The van der Waals surface area contributed by atoms with Crippen molar-refractivity contribution < 1.29 is 0 Å². The number of pyridine rings is 1. The Balaban J connectivity index is 1.92. The van der Waals surface area contributed by atoms with Crippen LogP contribution in [0.25, 0.3) is 5.65 Å². The van der Waals surface area contributed by atoms with Gasteiger partial charge in [0.2, 0.25) is 0 Å². The van der Waals surface area contributed by atoms with Gasteiger partial charge in [0.15, 0.2) is 5.65 Å². The molecule has 3 rings (SSSR count). The van der Waals surface area contributed by atoms with Gasteiger partial charge in [0.05, 0.1) is 18.4 Å². The molecule has 0 unspecified atom stereocenters. The van der Waals surface area contributed by atoms with Crippen LogP contribution in [0.5, 0.6) is 0 Å². The quantitative estimate of drug-likeness (QED) is 0.798. The maximum absolute atomic E-state index is 4.61. The second-order valence-corrected chi connectivity index (χ2v) is 5.44. The van der Waals surface area contributed by atoms with Gasteiger partial charge in [0.25, 0.3) is 0 Å². The van der Waals surface area contributed by atoms with Gasteiger partial charge >= 0.3 is 0 Å². The molecule has 0 aromatic carbocycles. The van der Waals surface area contributed by atoms with E-state index in [9.17, 15) is 0 Å². The third kappa shape index (κ3) is 2.72. The number of fused-ring (bicyclic) bond motifs is 1. The zero-order valence-corrected chi connectivity index (χ0v) is 12.5. The molecule has 0 amide bonds. The van der Waals surface area contributed by atoms with Crippen molar-refractivity contribution in [2.45, 2.75) is 33.2 Å². The summed E-state index contributed by atoms with van der Waals surface area (Å²) in [6.07, 6.45) is 3.59. The summed E-state index contributed by atoms with van der Waals surface area (Å²) in [6, 6.07) is 8.00. The smallest absolute Gasteiger partial charge is 0.157 e. The predicted molar refractivity (Wildman–Crippen MR) is 83.4 cm³/mol. The molecule has 0 radical (unpaired) electrons. The molecule has 5 nitrogen and oxygen atoms in total. The lowest BCUT2D eigenvalue weighted by molar-refractivity contribution is 0.807. The number of anilines is 1. The van der Waals surface area contributed by atoms with E-state index < -0.39 is 0 Å². The molecule has 3 aromatic rings. The van der Waals surface area contributed by atoms with Gasteiger partial charge in [0, 0.05) is 24.0 Å². The van der Waals surface area contributed by atoms with Crippen LogP contribution in [-0.2, 0) is 6.54 Å². The molecule has 0 saturated heterocycles. The average Bonchev–Trinajstić information content (AvgIpc) is 2.94. The highest BCUT2D eigenvalue weighted by molar-refractivity contribution is 5.49. The number of nitrogens with one attached hydrogen (secondary N) is 1. The second-order valence-electron chi connectivity index (χ2n) is 5.44. The van der Waals surface area contributed by atoms with Crippen LogP contribution in [0.2, 0.25) is 0 Å². The van der Waals surface area contributed by atoms with Crippen molar-refractivity contribution in [3.63, 3.8) is 0 Å². The highest BCUT2D eigenvalue weighted by atomic mass is 15.3. The molecule has 3 heterocycles. The van der Waals surface area contributed by atoms with Gasteiger partial charge in [-0.05, 0) is 24.5 Å². The molecule has 1 N–H and O–H groups in total. The first-order chi connectivity index (χ1) is 10.1. The summed E-state index contributed by atoms with van der Waals surface area (Å²) >= 11 is 0. The summed E-state index contributed by atoms with van der Waals surface area (Å²) in [4.78, 5) is 9.02. The SMILES string of the molecule is Cc1cccnc1CNc1cc(C(C)C)nc2ccnn12. The van der Waals surface area contributed by atoms with E-state index in [4.69, 9.17) is 0 Å². The molecule has 0 aliphatic rings. The van der Waals surface area contributed by atoms with Gasteiger partial charge in [-0.2, -0.15) is 9.61 Å². The highest BCUT2D eigenvalue weighted by Gasteiger charge is 2.09. The molecule has 5 heteroatoms. The molecular weight excluding hydrogens is 262 g/mol. The van der Waals surface area contributed by atoms with E-state index in [0.29, 0.717) is 12.5 Å². The van der Waals surface area contributed by atoms with E-state index >= 15 is 0 Å². The Morgan fingerprint density at radius 3 is 2.86 bits per heavy atom. The van der Waals surface area contributed by atoms with Crippen molar-refractivity contribution in [2.24, 2.45) is 0 Å². The summed E-state index contributed by atoms with van der Waals surface area (Å²) in [5.41, 5.74) is 4.14. The minimum atomic E-state index is 0.377. The first-order valence-electron chi connectivity index (χ1n) is 7.14. The van der Waals surface area contributed by atoms with Crippen LogP contribution in [0.1, 0.15) is 36.7 Å². The number of aromatic nitrogens is 4. The van der Waals surface area contributed by atoms with E-state index in [-0.39, 0.29) is 0 Å². The molecule has 0 spiro atoms. The lowest BCUT2D eigenvalue weighted by atomic mass is 10.1. The number of nitrogens with zero attached hydrogens (tertiary/aromatic N) is 4. The highest BCUT2D eigenvalue weighted by Crippen LogP contribution is 2.19. The van der Waals surface area contributed by atoms with Crippen LogP contribution in [0.4, 0.5) is 5.82 Å². The van der Waals surface area contributed by atoms with E-state index in [1.807, 2.05) is 22.8 Å².